The van der Waals surface area contributed by atoms with E-state index in [1.54, 1.807) is 6.92 Å². The van der Waals surface area contributed by atoms with Gasteiger partial charge < -0.3 is 10.4 Å². The summed E-state index contributed by atoms with van der Waals surface area (Å²) in [6.07, 6.45) is 2.58. The molecule has 100 valence electrons. The van der Waals surface area contributed by atoms with Crippen molar-refractivity contribution in [2.75, 3.05) is 6.54 Å². The largest absolute Gasteiger partial charge is 0.389 e. The van der Waals surface area contributed by atoms with E-state index in [2.05, 4.69) is 5.32 Å². The third-order valence-electron chi connectivity index (χ3n) is 3.77. The first-order valence-electron chi connectivity index (χ1n) is 6.33. The molecule has 4 heteroatoms. The summed E-state index contributed by atoms with van der Waals surface area (Å²) in [6, 6.07) is 2.12. The van der Waals surface area contributed by atoms with Crippen molar-refractivity contribution in [1.29, 1.82) is 0 Å². The van der Waals surface area contributed by atoms with Gasteiger partial charge in [-0.15, -0.1) is 0 Å². The Balaban J connectivity index is 2.04. The Morgan fingerprint density at radius 2 is 2.00 bits per heavy atom. The summed E-state index contributed by atoms with van der Waals surface area (Å²) in [5, 5.41) is 13.0. The molecule has 0 spiro atoms. The SMILES string of the molecule is Cc1cc(F)c(C(C)NCC2(O)CCC2)cc1F. The van der Waals surface area contributed by atoms with Crippen molar-refractivity contribution in [3.8, 4) is 0 Å². The third-order valence-corrected chi connectivity index (χ3v) is 3.77. The predicted molar refractivity (Wildman–Crippen MR) is 66.3 cm³/mol. The van der Waals surface area contributed by atoms with E-state index in [-0.39, 0.29) is 6.04 Å². The lowest BCUT2D eigenvalue weighted by Crippen LogP contribution is -2.46. The molecule has 1 unspecified atom stereocenters. The van der Waals surface area contributed by atoms with Crippen LogP contribution in [0, 0.1) is 18.6 Å². The normalized spacial score (nSPS) is 19.4. The lowest BCUT2D eigenvalue weighted by atomic mass is 9.80. The first-order chi connectivity index (χ1) is 8.41. The van der Waals surface area contributed by atoms with Crippen molar-refractivity contribution in [3.63, 3.8) is 0 Å². The van der Waals surface area contributed by atoms with E-state index in [9.17, 15) is 13.9 Å². The second kappa shape index (κ2) is 4.94. The summed E-state index contributed by atoms with van der Waals surface area (Å²) in [7, 11) is 0. The van der Waals surface area contributed by atoms with Gasteiger partial charge in [0.1, 0.15) is 11.6 Å². The molecule has 2 nitrogen and oxygen atoms in total. The van der Waals surface area contributed by atoms with Crippen molar-refractivity contribution in [1.82, 2.24) is 5.32 Å². The molecule has 0 radical (unpaired) electrons. The van der Waals surface area contributed by atoms with Crippen LogP contribution >= 0.6 is 0 Å². The van der Waals surface area contributed by atoms with Crippen LogP contribution in [-0.4, -0.2) is 17.3 Å². The number of aryl methyl sites for hydroxylation is 1. The molecular formula is C14H19F2NO. The average molecular weight is 255 g/mol. The number of benzene rings is 1. The van der Waals surface area contributed by atoms with Crippen molar-refractivity contribution < 1.29 is 13.9 Å². The van der Waals surface area contributed by atoms with Gasteiger partial charge in [-0.05, 0) is 50.8 Å². The highest BCUT2D eigenvalue weighted by Crippen LogP contribution is 2.31. The maximum atomic E-state index is 13.7. The lowest BCUT2D eigenvalue weighted by Gasteiger charge is -2.37. The van der Waals surface area contributed by atoms with Crippen LogP contribution in [0.3, 0.4) is 0 Å². The van der Waals surface area contributed by atoms with Crippen LogP contribution in [0.4, 0.5) is 8.78 Å². The highest BCUT2D eigenvalue weighted by Gasteiger charge is 2.34. The minimum Gasteiger partial charge on any atom is -0.389 e. The van der Waals surface area contributed by atoms with E-state index in [0.29, 0.717) is 17.7 Å². The van der Waals surface area contributed by atoms with Crippen LogP contribution in [0.15, 0.2) is 12.1 Å². The minimum atomic E-state index is -0.659. The molecule has 0 heterocycles. The zero-order valence-electron chi connectivity index (χ0n) is 10.8. The summed E-state index contributed by atoms with van der Waals surface area (Å²) in [5.74, 6) is -0.808. The average Bonchev–Trinajstić information content (AvgIpc) is 2.28. The standard InChI is InChI=1S/C14H19F2NO/c1-9-6-13(16)11(7-12(9)15)10(2)17-8-14(18)4-3-5-14/h6-7,10,17-18H,3-5,8H2,1-2H3. The van der Waals surface area contributed by atoms with Crippen LogP contribution in [0.1, 0.15) is 43.4 Å². The fourth-order valence-electron chi connectivity index (χ4n) is 2.21. The second-order valence-corrected chi connectivity index (χ2v) is 5.30. The molecule has 18 heavy (non-hydrogen) atoms. The van der Waals surface area contributed by atoms with Gasteiger partial charge in [0.2, 0.25) is 0 Å². The molecule has 1 aliphatic carbocycles. The molecule has 1 aromatic carbocycles. The quantitative estimate of drug-likeness (QED) is 0.867. The number of aliphatic hydroxyl groups is 1. The monoisotopic (exact) mass is 255 g/mol. The summed E-state index contributed by atoms with van der Waals surface area (Å²) in [5.41, 5.74) is -0.0457. The van der Waals surface area contributed by atoms with Gasteiger partial charge in [-0.2, -0.15) is 0 Å². The Bertz CT molecular complexity index is 444. The van der Waals surface area contributed by atoms with Crippen molar-refractivity contribution >= 4 is 0 Å². The van der Waals surface area contributed by atoms with Gasteiger partial charge in [0.15, 0.2) is 0 Å². The van der Waals surface area contributed by atoms with Crippen molar-refractivity contribution in [3.05, 3.63) is 34.9 Å². The van der Waals surface area contributed by atoms with Crippen molar-refractivity contribution in [2.24, 2.45) is 0 Å². The van der Waals surface area contributed by atoms with E-state index in [1.807, 2.05) is 0 Å². The molecule has 1 atom stereocenters. The van der Waals surface area contributed by atoms with E-state index in [1.165, 1.54) is 19.1 Å². The second-order valence-electron chi connectivity index (χ2n) is 5.30. The lowest BCUT2D eigenvalue weighted by molar-refractivity contribution is -0.0330. The first-order valence-corrected chi connectivity index (χ1v) is 6.33. The molecule has 1 saturated carbocycles. The fraction of sp³-hybridized carbons (Fsp3) is 0.571. The van der Waals surface area contributed by atoms with Crippen LogP contribution in [0.5, 0.6) is 0 Å². The van der Waals surface area contributed by atoms with Gasteiger partial charge in [-0.3, -0.25) is 0 Å². The summed E-state index contributed by atoms with van der Waals surface area (Å²) in [4.78, 5) is 0. The molecule has 1 fully saturated rings. The van der Waals surface area contributed by atoms with Crippen LogP contribution in [0.25, 0.3) is 0 Å². The summed E-state index contributed by atoms with van der Waals surface area (Å²) >= 11 is 0. The Hall–Kier alpha value is -1.00. The molecule has 0 amide bonds. The number of halogens is 2. The summed E-state index contributed by atoms with van der Waals surface area (Å²) in [6.45, 7) is 3.73. The van der Waals surface area contributed by atoms with Crippen LogP contribution in [-0.2, 0) is 0 Å². The molecule has 0 bridgehead atoms. The fourth-order valence-corrected chi connectivity index (χ4v) is 2.21. The van der Waals surface area contributed by atoms with Gasteiger partial charge in [-0.1, -0.05) is 0 Å². The minimum absolute atomic E-state index is 0.307. The molecular weight excluding hydrogens is 236 g/mol. The molecule has 2 rings (SSSR count). The van der Waals surface area contributed by atoms with Crippen molar-refractivity contribution in [2.45, 2.75) is 44.8 Å². The Morgan fingerprint density at radius 1 is 1.33 bits per heavy atom. The topological polar surface area (TPSA) is 32.3 Å². The molecule has 0 saturated heterocycles. The number of nitrogens with one attached hydrogen (secondary N) is 1. The van der Waals surface area contributed by atoms with Crippen LogP contribution in [0.2, 0.25) is 0 Å². The number of rotatable bonds is 4. The summed E-state index contributed by atoms with van der Waals surface area (Å²) < 4.78 is 27.2. The van der Waals surface area contributed by atoms with Gasteiger partial charge in [0.05, 0.1) is 5.60 Å². The first kappa shape index (κ1) is 13.4. The van der Waals surface area contributed by atoms with Gasteiger partial charge >= 0.3 is 0 Å². The highest BCUT2D eigenvalue weighted by atomic mass is 19.1. The zero-order chi connectivity index (χ0) is 13.3. The van der Waals surface area contributed by atoms with E-state index < -0.39 is 17.2 Å². The third kappa shape index (κ3) is 2.70. The van der Waals surface area contributed by atoms with E-state index in [4.69, 9.17) is 0 Å². The number of hydrogen-bond donors (Lipinski definition) is 2. The highest BCUT2D eigenvalue weighted by molar-refractivity contribution is 5.27. The Kier molecular flexibility index (Phi) is 3.69. The van der Waals surface area contributed by atoms with E-state index >= 15 is 0 Å². The van der Waals surface area contributed by atoms with Gasteiger partial charge in [0.25, 0.3) is 0 Å². The maximum absolute atomic E-state index is 13.7. The van der Waals surface area contributed by atoms with Gasteiger partial charge in [-0.25, -0.2) is 8.78 Å². The Morgan fingerprint density at radius 3 is 2.56 bits per heavy atom. The van der Waals surface area contributed by atoms with E-state index in [0.717, 1.165) is 19.3 Å². The molecule has 1 aromatic rings. The molecule has 2 N–H and O–H groups in total. The predicted octanol–water partition coefficient (Wildman–Crippen LogP) is 2.84. The number of hydrogen-bond acceptors (Lipinski definition) is 2. The molecule has 1 aliphatic rings. The maximum Gasteiger partial charge on any atom is 0.128 e. The van der Waals surface area contributed by atoms with Crippen LogP contribution < -0.4 is 5.32 Å². The zero-order valence-corrected chi connectivity index (χ0v) is 10.8. The van der Waals surface area contributed by atoms with Gasteiger partial charge in [0, 0.05) is 18.2 Å². The Labute approximate surface area is 106 Å². The molecule has 0 aromatic heterocycles. The molecule has 0 aliphatic heterocycles. The smallest absolute Gasteiger partial charge is 0.128 e.